The van der Waals surface area contributed by atoms with Gasteiger partial charge >= 0.3 is 0 Å². The second-order valence-corrected chi connectivity index (χ2v) is 6.24. The summed E-state index contributed by atoms with van der Waals surface area (Å²) in [6.45, 7) is 2.53. The summed E-state index contributed by atoms with van der Waals surface area (Å²) >= 11 is 0. The Hall–Kier alpha value is -3.07. The van der Waals surface area contributed by atoms with Crippen LogP contribution in [-0.4, -0.2) is 5.78 Å². The first-order valence-electron chi connectivity index (χ1n) is 8.66. The van der Waals surface area contributed by atoms with Crippen LogP contribution in [0.3, 0.4) is 0 Å². The van der Waals surface area contributed by atoms with E-state index in [1.54, 1.807) is 6.92 Å². The van der Waals surface area contributed by atoms with E-state index in [1.165, 1.54) is 0 Å². The van der Waals surface area contributed by atoms with Crippen LogP contribution in [0.15, 0.2) is 78.9 Å². The lowest BCUT2D eigenvalue weighted by atomic mass is 10.1. The molecule has 0 saturated heterocycles. The van der Waals surface area contributed by atoms with Gasteiger partial charge < -0.3 is 9.47 Å². The SMILES string of the molecule is CC(=O)Cc1cc(OCc2ccccc2)cc(OCc2ccccc2)c1. The largest absolute Gasteiger partial charge is 0.489 e. The topological polar surface area (TPSA) is 35.5 Å². The van der Waals surface area contributed by atoms with E-state index in [4.69, 9.17) is 9.47 Å². The molecule has 0 heterocycles. The minimum Gasteiger partial charge on any atom is -0.489 e. The van der Waals surface area contributed by atoms with Crippen LogP contribution in [0.1, 0.15) is 23.6 Å². The molecular formula is C23H22O3. The van der Waals surface area contributed by atoms with Crippen molar-refractivity contribution in [1.82, 2.24) is 0 Å². The summed E-state index contributed by atoms with van der Waals surface area (Å²) in [5.74, 6) is 1.52. The lowest BCUT2D eigenvalue weighted by Gasteiger charge is -2.12. The first-order valence-corrected chi connectivity index (χ1v) is 8.66. The Labute approximate surface area is 154 Å². The molecule has 0 amide bonds. The van der Waals surface area contributed by atoms with E-state index in [0.29, 0.717) is 31.1 Å². The Morgan fingerprint density at radius 3 is 1.58 bits per heavy atom. The highest BCUT2D eigenvalue weighted by Crippen LogP contribution is 2.25. The van der Waals surface area contributed by atoms with Gasteiger partial charge in [-0.1, -0.05) is 60.7 Å². The van der Waals surface area contributed by atoms with Crippen molar-refractivity contribution in [1.29, 1.82) is 0 Å². The average molecular weight is 346 g/mol. The number of ketones is 1. The summed E-state index contributed by atoms with van der Waals surface area (Å²) in [5, 5.41) is 0. The second-order valence-electron chi connectivity index (χ2n) is 6.24. The molecule has 3 nitrogen and oxygen atoms in total. The van der Waals surface area contributed by atoms with Crippen molar-refractivity contribution in [2.24, 2.45) is 0 Å². The molecule has 0 unspecified atom stereocenters. The molecule has 0 fully saturated rings. The van der Waals surface area contributed by atoms with E-state index >= 15 is 0 Å². The molecule has 0 radical (unpaired) electrons. The molecule has 0 bridgehead atoms. The highest BCUT2D eigenvalue weighted by atomic mass is 16.5. The third-order valence-corrected chi connectivity index (χ3v) is 3.89. The molecule has 26 heavy (non-hydrogen) atoms. The van der Waals surface area contributed by atoms with Crippen molar-refractivity contribution < 1.29 is 14.3 Å². The van der Waals surface area contributed by atoms with Crippen LogP contribution in [0.25, 0.3) is 0 Å². The molecule has 0 atom stereocenters. The zero-order valence-corrected chi connectivity index (χ0v) is 14.9. The summed E-state index contributed by atoms with van der Waals surface area (Å²) < 4.78 is 11.8. The van der Waals surface area contributed by atoms with E-state index < -0.39 is 0 Å². The van der Waals surface area contributed by atoms with Crippen LogP contribution < -0.4 is 9.47 Å². The number of carbonyl (C=O) groups excluding carboxylic acids is 1. The standard InChI is InChI=1S/C23H22O3/c1-18(24)12-21-13-22(25-16-19-8-4-2-5-9-19)15-23(14-21)26-17-20-10-6-3-7-11-20/h2-11,13-15H,12,16-17H2,1H3. The van der Waals surface area contributed by atoms with Gasteiger partial charge in [-0.15, -0.1) is 0 Å². The van der Waals surface area contributed by atoms with Crippen LogP contribution >= 0.6 is 0 Å². The number of ether oxygens (including phenoxy) is 2. The zero-order valence-electron chi connectivity index (χ0n) is 14.9. The lowest BCUT2D eigenvalue weighted by Crippen LogP contribution is -2.01. The minimum atomic E-state index is 0.110. The Balaban J connectivity index is 1.73. The Kier molecular flexibility index (Phi) is 6.05. The summed E-state index contributed by atoms with van der Waals surface area (Å²) in [6, 6.07) is 25.7. The van der Waals surface area contributed by atoms with Crippen molar-refractivity contribution in [3.05, 3.63) is 95.6 Å². The number of benzene rings is 3. The predicted octanol–water partition coefficient (Wildman–Crippen LogP) is 4.98. The van der Waals surface area contributed by atoms with Gasteiger partial charge in [0.15, 0.2) is 0 Å². The van der Waals surface area contributed by atoms with E-state index in [-0.39, 0.29) is 5.78 Å². The van der Waals surface area contributed by atoms with Crippen molar-refractivity contribution in [3.8, 4) is 11.5 Å². The van der Waals surface area contributed by atoms with E-state index in [0.717, 1.165) is 16.7 Å². The fourth-order valence-electron chi connectivity index (χ4n) is 2.67. The van der Waals surface area contributed by atoms with Crippen molar-refractivity contribution >= 4 is 5.78 Å². The van der Waals surface area contributed by atoms with Crippen LogP contribution in [0.2, 0.25) is 0 Å². The van der Waals surface area contributed by atoms with Gasteiger partial charge in [-0.25, -0.2) is 0 Å². The average Bonchev–Trinajstić information content (AvgIpc) is 2.66. The van der Waals surface area contributed by atoms with Crippen LogP contribution in [0.4, 0.5) is 0 Å². The number of rotatable bonds is 8. The molecule has 0 N–H and O–H groups in total. The summed E-state index contributed by atoms with van der Waals surface area (Å²) in [5.41, 5.74) is 3.08. The van der Waals surface area contributed by atoms with Crippen molar-refractivity contribution in [3.63, 3.8) is 0 Å². The fourth-order valence-corrected chi connectivity index (χ4v) is 2.67. The molecule has 0 spiro atoms. The molecule has 0 saturated carbocycles. The normalized spacial score (nSPS) is 10.3. The van der Waals surface area contributed by atoms with Gasteiger partial charge in [0, 0.05) is 12.5 Å². The molecule has 0 aromatic heterocycles. The Morgan fingerprint density at radius 2 is 1.15 bits per heavy atom. The van der Waals surface area contributed by atoms with Gasteiger partial charge in [-0.05, 0) is 35.7 Å². The first kappa shape index (κ1) is 17.7. The van der Waals surface area contributed by atoms with Gasteiger partial charge in [0.2, 0.25) is 0 Å². The molecule has 3 rings (SSSR count). The predicted molar refractivity (Wildman–Crippen MR) is 102 cm³/mol. The molecule has 132 valence electrons. The maximum absolute atomic E-state index is 11.5. The number of Topliss-reactive ketones (excluding diaryl/α,β-unsaturated/α-hetero) is 1. The molecule has 3 aromatic carbocycles. The Morgan fingerprint density at radius 1 is 0.692 bits per heavy atom. The zero-order chi connectivity index (χ0) is 18.2. The third kappa shape index (κ3) is 5.49. The van der Waals surface area contributed by atoms with Crippen LogP contribution in [0, 0.1) is 0 Å². The minimum absolute atomic E-state index is 0.110. The van der Waals surface area contributed by atoms with Gasteiger partial charge in [-0.3, -0.25) is 4.79 Å². The first-order chi connectivity index (χ1) is 12.7. The quantitative estimate of drug-likeness (QED) is 0.577. The smallest absolute Gasteiger partial charge is 0.134 e. The molecule has 3 aromatic rings. The third-order valence-electron chi connectivity index (χ3n) is 3.89. The highest BCUT2D eigenvalue weighted by Gasteiger charge is 2.07. The number of hydrogen-bond donors (Lipinski definition) is 0. The fraction of sp³-hybridized carbons (Fsp3) is 0.174. The molecule has 0 aliphatic rings. The van der Waals surface area contributed by atoms with Crippen LogP contribution in [0.5, 0.6) is 11.5 Å². The lowest BCUT2D eigenvalue weighted by molar-refractivity contribution is -0.116. The van der Waals surface area contributed by atoms with E-state index in [9.17, 15) is 4.79 Å². The molecule has 0 aliphatic heterocycles. The maximum atomic E-state index is 11.5. The van der Waals surface area contributed by atoms with Crippen molar-refractivity contribution in [2.75, 3.05) is 0 Å². The van der Waals surface area contributed by atoms with Gasteiger partial charge in [0.05, 0.1) is 0 Å². The van der Waals surface area contributed by atoms with Gasteiger partial charge in [-0.2, -0.15) is 0 Å². The molecular weight excluding hydrogens is 324 g/mol. The summed E-state index contributed by atoms with van der Waals surface area (Å²) in [6.07, 6.45) is 0.365. The summed E-state index contributed by atoms with van der Waals surface area (Å²) in [4.78, 5) is 11.5. The van der Waals surface area contributed by atoms with Gasteiger partial charge in [0.25, 0.3) is 0 Å². The highest BCUT2D eigenvalue weighted by molar-refractivity contribution is 5.78. The molecule has 3 heteroatoms. The van der Waals surface area contributed by atoms with Crippen LogP contribution in [-0.2, 0) is 24.4 Å². The maximum Gasteiger partial charge on any atom is 0.134 e. The Bertz CT molecular complexity index is 780. The second kappa shape index (κ2) is 8.86. The monoisotopic (exact) mass is 346 g/mol. The van der Waals surface area contributed by atoms with E-state index in [2.05, 4.69) is 0 Å². The van der Waals surface area contributed by atoms with Crippen molar-refractivity contribution in [2.45, 2.75) is 26.6 Å². The van der Waals surface area contributed by atoms with E-state index in [1.807, 2.05) is 78.9 Å². The number of hydrogen-bond acceptors (Lipinski definition) is 3. The number of carbonyl (C=O) groups is 1. The van der Waals surface area contributed by atoms with Gasteiger partial charge in [0.1, 0.15) is 30.5 Å². The molecule has 0 aliphatic carbocycles. The summed E-state index contributed by atoms with van der Waals surface area (Å²) in [7, 11) is 0.